The summed E-state index contributed by atoms with van der Waals surface area (Å²) < 4.78 is 16.0. The van der Waals surface area contributed by atoms with Crippen LogP contribution in [0.2, 0.25) is 0 Å². The van der Waals surface area contributed by atoms with E-state index in [9.17, 15) is 0 Å². The van der Waals surface area contributed by atoms with Crippen molar-refractivity contribution in [2.75, 3.05) is 38.7 Å². The Hall–Kier alpha value is -1.18. The molecule has 2 heterocycles. The zero-order valence-corrected chi connectivity index (χ0v) is 11.4. The molecule has 0 aromatic carbocycles. The van der Waals surface area contributed by atoms with Crippen molar-refractivity contribution in [3.8, 4) is 0 Å². The van der Waals surface area contributed by atoms with Crippen molar-refractivity contribution in [1.29, 1.82) is 0 Å². The first kappa shape index (κ1) is 14.2. The summed E-state index contributed by atoms with van der Waals surface area (Å²) in [5.74, 6) is 0.572. The summed E-state index contributed by atoms with van der Waals surface area (Å²) >= 11 is 0. The van der Waals surface area contributed by atoms with Crippen LogP contribution < -0.4 is 10.6 Å². The van der Waals surface area contributed by atoms with Crippen LogP contribution in [0.5, 0.6) is 0 Å². The van der Waals surface area contributed by atoms with E-state index in [1.54, 1.807) is 7.11 Å². The number of ether oxygens (including phenoxy) is 2. The van der Waals surface area contributed by atoms with Gasteiger partial charge in [0.25, 0.3) is 0 Å². The smallest absolute Gasteiger partial charge is 0.315 e. The molecular weight excluding hydrogens is 248 g/mol. The minimum absolute atomic E-state index is 0.254. The normalized spacial score (nSPS) is 19.5. The predicted molar refractivity (Wildman–Crippen MR) is 70.0 cm³/mol. The third-order valence-corrected chi connectivity index (χ3v) is 2.98. The summed E-state index contributed by atoms with van der Waals surface area (Å²) in [4.78, 5) is 0. The van der Waals surface area contributed by atoms with Crippen LogP contribution in [-0.2, 0) is 16.0 Å². The molecule has 0 radical (unpaired) electrons. The van der Waals surface area contributed by atoms with E-state index >= 15 is 0 Å². The minimum Gasteiger partial charge on any atom is -0.407 e. The second-order valence-electron chi connectivity index (χ2n) is 4.54. The molecule has 1 aromatic heterocycles. The van der Waals surface area contributed by atoms with Crippen LogP contribution >= 0.6 is 0 Å². The third-order valence-electron chi connectivity index (χ3n) is 2.98. The molecule has 19 heavy (non-hydrogen) atoms. The SMILES string of the molecule is COCCNCc1nnc(NCC2CCCCO2)o1. The van der Waals surface area contributed by atoms with Crippen molar-refractivity contribution in [2.45, 2.75) is 31.9 Å². The molecule has 0 spiro atoms. The number of aromatic nitrogens is 2. The first-order valence-electron chi connectivity index (χ1n) is 6.76. The molecule has 1 aromatic rings. The van der Waals surface area contributed by atoms with E-state index in [1.165, 1.54) is 6.42 Å². The molecule has 1 aliphatic heterocycles. The lowest BCUT2D eigenvalue weighted by atomic mass is 10.1. The van der Waals surface area contributed by atoms with E-state index < -0.39 is 0 Å². The molecule has 1 aliphatic rings. The van der Waals surface area contributed by atoms with Gasteiger partial charge < -0.3 is 24.5 Å². The van der Waals surface area contributed by atoms with E-state index in [1.807, 2.05) is 0 Å². The lowest BCUT2D eigenvalue weighted by Gasteiger charge is -2.22. The van der Waals surface area contributed by atoms with E-state index in [-0.39, 0.29) is 6.10 Å². The van der Waals surface area contributed by atoms with Gasteiger partial charge in [0, 0.05) is 26.8 Å². The van der Waals surface area contributed by atoms with Crippen LogP contribution in [0.15, 0.2) is 4.42 Å². The highest BCUT2D eigenvalue weighted by Crippen LogP contribution is 2.13. The lowest BCUT2D eigenvalue weighted by Crippen LogP contribution is -2.27. The highest BCUT2D eigenvalue weighted by atomic mass is 16.5. The monoisotopic (exact) mass is 270 g/mol. The van der Waals surface area contributed by atoms with E-state index in [4.69, 9.17) is 13.9 Å². The van der Waals surface area contributed by atoms with Gasteiger partial charge in [-0.1, -0.05) is 5.10 Å². The van der Waals surface area contributed by atoms with Crippen molar-refractivity contribution in [3.05, 3.63) is 5.89 Å². The van der Waals surface area contributed by atoms with Crippen molar-refractivity contribution in [1.82, 2.24) is 15.5 Å². The summed E-state index contributed by atoms with van der Waals surface area (Å²) in [5.41, 5.74) is 0. The van der Waals surface area contributed by atoms with Crippen molar-refractivity contribution in [3.63, 3.8) is 0 Å². The predicted octanol–water partition coefficient (Wildman–Crippen LogP) is 0.787. The summed E-state index contributed by atoms with van der Waals surface area (Å²) in [6.07, 6.45) is 3.73. The maximum atomic E-state index is 5.62. The number of hydrogen-bond donors (Lipinski definition) is 2. The molecular formula is C12H22N4O3. The average Bonchev–Trinajstić information content (AvgIpc) is 2.91. The van der Waals surface area contributed by atoms with Gasteiger partial charge in [-0.25, -0.2) is 0 Å². The van der Waals surface area contributed by atoms with E-state index in [0.29, 0.717) is 25.1 Å². The Labute approximate surface area is 113 Å². The number of nitrogens with one attached hydrogen (secondary N) is 2. The Balaban J connectivity index is 1.65. The summed E-state index contributed by atoms with van der Waals surface area (Å²) in [5, 5.41) is 14.2. The van der Waals surface area contributed by atoms with Crippen LogP contribution in [0, 0.1) is 0 Å². The van der Waals surface area contributed by atoms with Gasteiger partial charge in [0.15, 0.2) is 0 Å². The Kier molecular flexibility index (Phi) is 6.06. The molecule has 1 unspecified atom stereocenters. The van der Waals surface area contributed by atoms with Gasteiger partial charge in [-0.15, -0.1) is 5.10 Å². The van der Waals surface area contributed by atoms with Gasteiger partial charge in [0.1, 0.15) is 0 Å². The van der Waals surface area contributed by atoms with Crippen LogP contribution in [0.3, 0.4) is 0 Å². The van der Waals surface area contributed by atoms with Gasteiger partial charge in [0.2, 0.25) is 5.89 Å². The fourth-order valence-electron chi connectivity index (χ4n) is 1.94. The Morgan fingerprint density at radius 3 is 3.11 bits per heavy atom. The fraction of sp³-hybridized carbons (Fsp3) is 0.833. The Morgan fingerprint density at radius 2 is 2.32 bits per heavy atom. The number of methoxy groups -OCH3 is 1. The standard InChI is InChI=1S/C12H22N4O3/c1-17-7-5-13-9-11-15-16-12(19-11)14-8-10-4-2-3-6-18-10/h10,13H,2-9H2,1H3,(H,14,16). The van der Waals surface area contributed by atoms with Gasteiger partial charge in [-0.05, 0) is 19.3 Å². The molecule has 0 amide bonds. The van der Waals surface area contributed by atoms with Gasteiger partial charge in [0.05, 0.1) is 19.3 Å². The molecule has 1 fully saturated rings. The highest BCUT2D eigenvalue weighted by Gasteiger charge is 2.14. The zero-order valence-electron chi connectivity index (χ0n) is 11.4. The Morgan fingerprint density at radius 1 is 1.37 bits per heavy atom. The lowest BCUT2D eigenvalue weighted by molar-refractivity contribution is 0.0244. The molecule has 1 atom stereocenters. The van der Waals surface area contributed by atoms with Crippen molar-refractivity contribution in [2.24, 2.45) is 0 Å². The van der Waals surface area contributed by atoms with Crippen molar-refractivity contribution < 1.29 is 13.9 Å². The summed E-state index contributed by atoms with van der Waals surface area (Å²) in [6.45, 7) is 3.55. The van der Waals surface area contributed by atoms with Crippen LogP contribution in [-0.4, -0.2) is 49.7 Å². The Bertz CT molecular complexity index is 352. The molecule has 7 heteroatoms. The quantitative estimate of drug-likeness (QED) is 0.676. The first-order valence-corrected chi connectivity index (χ1v) is 6.76. The molecule has 2 N–H and O–H groups in total. The zero-order chi connectivity index (χ0) is 13.3. The van der Waals surface area contributed by atoms with Gasteiger partial charge >= 0.3 is 6.01 Å². The minimum atomic E-state index is 0.254. The molecule has 0 aliphatic carbocycles. The van der Waals surface area contributed by atoms with Crippen LogP contribution in [0.25, 0.3) is 0 Å². The summed E-state index contributed by atoms with van der Waals surface area (Å²) in [6, 6.07) is 0.456. The van der Waals surface area contributed by atoms with Gasteiger partial charge in [-0.3, -0.25) is 0 Å². The topological polar surface area (TPSA) is 81.4 Å². The number of nitrogens with zero attached hydrogens (tertiary/aromatic N) is 2. The largest absolute Gasteiger partial charge is 0.407 e. The molecule has 0 bridgehead atoms. The third kappa shape index (κ3) is 5.14. The van der Waals surface area contributed by atoms with E-state index in [0.717, 1.165) is 32.5 Å². The molecule has 108 valence electrons. The average molecular weight is 270 g/mol. The second kappa shape index (κ2) is 8.08. The molecule has 1 saturated heterocycles. The summed E-state index contributed by atoms with van der Waals surface area (Å²) in [7, 11) is 1.67. The maximum absolute atomic E-state index is 5.62. The molecule has 7 nitrogen and oxygen atoms in total. The van der Waals surface area contributed by atoms with Crippen molar-refractivity contribution >= 4 is 6.01 Å². The maximum Gasteiger partial charge on any atom is 0.315 e. The highest BCUT2D eigenvalue weighted by molar-refractivity contribution is 5.17. The number of anilines is 1. The molecule has 0 saturated carbocycles. The van der Waals surface area contributed by atoms with Gasteiger partial charge in [-0.2, -0.15) is 0 Å². The molecule has 2 rings (SSSR count). The second-order valence-corrected chi connectivity index (χ2v) is 4.54. The number of rotatable bonds is 8. The van der Waals surface area contributed by atoms with E-state index in [2.05, 4.69) is 20.8 Å². The fourth-order valence-corrected chi connectivity index (χ4v) is 1.94. The van der Waals surface area contributed by atoms with Crippen LogP contribution in [0.4, 0.5) is 6.01 Å². The first-order chi connectivity index (χ1) is 9.38. The number of hydrogen-bond acceptors (Lipinski definition) is 7. The van der Waals surface area contributed by atoms with Crippen LogP contribution in [0.1, 0.15) is 25.2 Å².